The van der Waals surface area contributed by atoms with Gasteiger partial charge in [0.15, 0.2) is 0 Å². The lowest BCUT2D eigenvalue weighted by molar-refractivity contribution is -0.00605. The number of piperidine rings is 1. The van der Waals surface area contributed by atoms with Crippen molar-refractivity contribution in [3.8, 4) is 0 Å². The highest BCUT2D eigenvalue weighted by atomic mass is 16.7. The SMILES string of the molecule is CCC1(C)CC(C2[C@H]3CN(C(=O)OC(C)(C)C)C[C@@H]23)=NO1. The molecular weight excluding hydrogens is 268 g/mol. The molecule has 3 rings (SSSR count). The first-order valence-electron chi connectivity index (χ1n) is 7.95. The summed E-state index contributed by atoms with van der Waals surface area (Å²) in [6, 6.07) is 0. The van der Waals surface area contributed by atoms with E-state index in [-0.39, 0.29) is 11.7 Å². The third-order valence-corrected chi connectivity index (χ3v) is 4.92. The second-order valence-corrected chi connectivity index (χ2v) is 7.89. The molecule has 1 amide bonds. The molecule has 0 spiro atoms. The molecule has 0 aromatic heterocycles. The van der Waals surface area contributed by atoms with E-state index in [0.717, 1.165) is 25.9 Å². The van der Waals surface area contributed by atoms with E-state index in [1.54, 1.807) is 0 Å². The lowest BCUT2D eigenvalue weighted by Crippen LogP contribution is -2.37. The van der Waals surface area contributed by atoms with Crippen LogP contribution in [0.1, 0.15) is 47.5 Å². The number of hydrogen-bond donors (Lipinski definition) is 0. The fraction of sp³-hybridized carbons (Fsp3) is 0.875. The number of likely N-dealkylation sites (tertiary alicyclic amines) is 1. The minimum absolute atomic E-state index is 0.114. The van der Waals surface area contributed by atoms with E-state index in [1.807, 2.05) is 25.7 Å². The van der Waals surface area contributed by atoms with Crippen LogP contribution in [0.5, 0.6) is 0 Å². The van der Waals surface area contributed by atoms with Crippen molar-refractivity contribution >= 4 is 11.8 Å². The fourth-order valence-corrected chi connectivity index (χ4v) is 3.48. The van der Waals surface area contributed by atoms with Crippen LogP contribution >= 0.6 is 0 Å². The smallest absolute Gasteiger partial charge is 0.410 e. The molecule has 2 fully saturated rings. The fourth-order valence-electron chi connectivity index (χ4n) is 3.48. The van der Waals surface area contributed by atoms with Crippen LogP contribution in [0.4, 0.5) is 4.79 Å². The van der Waals surface area contributed by atoms with E-state index in [4.69, 9.17) is 9.57 Å². The molecule has 0 bridgehead atoms. The Kier molecular flexibility index (Phi) is 3.22. The van der Waals surface area contributed by atoms with Crippen LogP contribution in [0, 0.1) is 17.8 Å². The number of fused-ring (bicyclic) bond motifs is 1. The molecule has 4 atom stereocenters. The molecule has 0 aromatic carbocycles. The molecule has 1 saturated carbocycles. The molecule has 21 heavy (non-hydrogen) atoms. The Morgan fingerprint density at radius 3 is 2.52 bits per heavy atom. The number of rotatable bonds is 2. The number of oxime groups is 1. The van der Waals surface area contributed by atoms with Crippen molar-refractivity contribution < 1.29 is 14.4 Å². The van der Waals surface area contributed by atoms with E-state index in [1.165, 1.54) is 5.71 Å². The van der Waals surface area contributed by atoms with E-state index in [2.05, 4.69) is 19.0 Å². The Balaban J connectivity index is 1.52. The molecular formula is C16H26N2O3. The van der Waals surface area contributed by atoms with Crippen molar-refractivity contribution in [2.24, 2.45) is 22.9 Å². The van der Waals surface area contributed by atoms with E-state index in [9.17, 15) is 4.79 Å². The number of carbonyl (C=O) groups excluding carboxylic acids is 1. The summed E-state index contributed by atoms with van der Waals surface area (Å²) >= 11 is 0. The summed E-state index contributed by atoms with van der Waals surface area (Å²) < 4.78 is 5.43. The van der Waals surface area contributed by atoms with Gasteiger partial charge in [-0.1, -0.05) is 12.1 Å². The first kappa shape index (κ1) is 14.7. The van der Waals surface area contributed by atoms with Gasteiger partial charge in [0.05, 0.1) is 5.71 Å². The maximum Gasteiger partial charge on any atom is 0.410 e. The van der Waals surface area contributed by atoms with Gasteiger partial charge in [0.25, 0.3) is 0 Å². The van der Waals surface area contributed by atoms with Gasteiger partial charge in [-0.25, -0.2) is 4.79 Å². The Bertz CT molecular complexity index is 470. The zero-order chi connectivity index (χ0) is 15.4. The summed E-state index contributed by atoms with van der Waals surface area (Å²) in [6.07, 6.45) is 1.73. The van der Waals surface area contributed by atoms with Crippen molar-refractivity contribution in [2.45, 2.75) is 58.7 Å². The predicted octanol–water partition coefficient (Wildman–Crippen LogP) is 3.04. The molecule has 3 aliphatic rings. The third kappa shape index (κ3) is 2.74. The highest BCUT2D eigenvalue weighted by molar-refractivity contribution is 5.91. The van der Waals surface area contributed by atoms with Crippen molar-refractivity contribution in [1.82, 2.24) is 4.90 Å². The molecule has 2 unspecified atom stereocenters. The third-order valence-electron chi connectivity index (χ3n) is 4.92. The largest absolute Gasteiger partial charge is 0.444 e. The van der Waals surface area contributed by atoms with Crippen LogP contribution < -0.4 is 0 Å². The van der Waals surface area contributed by atoms with Crippen LogP contribution in [0.2, 0.25) is 0 Å². The van der Waals surface area contributed by atoms with Crippen LogP contribution in [-0.4, -0.2) is 41.0 Å². The minimum Gasteiger partial charge on any atom is -0.444 e. The van der Waals surface area contributed by atoms with Gasteiger partial charge in [0.2, 0.25) is 0 Å². The zero-order valence-corrected chi connectivity index (χ0v) is 13.7. The topological polar surface area (TPSA) is 51.1 Å². The number of carbonyl (C=O) groups is 1. The van der Waals surface area contributed by atoms with Crippen molar-refractivity contribution in [3.05, 3.63) is 0 Å². The maximum absolute atomic E-state index is 12.1. The van der Waals surface area contributed by atoms with Gasteiger partial charge in [0.1, 0.15) is 11.2 Å². The Morgan fingerprint density at radius 1 is 1.43 bits per heavy atom. The molecule has 118 valence electrons. The average Bonchev–Trinajstić information content (AvgIpc) is 2.77. The van der Waals surface area contributed by atoms with Crippen LogP contribution in [-0.2, 0) is 9.57 Å². The van der Waals surface area contributed by atoms with Gasteiger partial charge in [-0.05, 0) is 46.0 Å². The zero-order valence-electron chi connectivity index (χ0n) is 13.7. The number of ether oxygens (including phenoxy) is 1. The highest BCUT2D eigenvalue weighted by Crippen LogP contribution is 2.54. The van der Waals surface area contributed by atoms with Crippen LogP contribution in [0.15, 0.2) is 5.16 Å². The van der Waals surface area contributed by atoms with E-state index < -0.39 is 5.60 Å². The summed E-state index contributed by atoms with van der Waals surface area (Å²) in [6.45, 7) is 11.6. The molecule has 1 aliphatic carbocycles. The molecule has 1 saturated heterocycles. The lowest BCUT2D eigenvalue weighted by Gasteiger charge is -2.26. The van der Waals surface area contributed by atoms with Crippen molar-refractivity contribution in [3.63, 3.8) is 0 Å². The van der Waals surface area contributed by atoms with Crippen LogP contribution in [0.3, 0.4) is 0 Å². The quantitative estimate of drug-likeness (QED) is 0.786. The standard InChI is InChI=1S/C16H26N2O3/c1-6-16(5)7-12(17-21-16)13-10-8-18(9-11(10)13)14(19)20-15(2,3)4/h10-11,13H,6-9H2,1-5H3/t10-,11+,13?,16?. The average molecular weight is 294 g/mol. The van der Waals surface area contributed by atoms with Crippen LogP contribution in [0.25, 0.3) is 0 Å². The predicted molar refractivity (Wildman–Crippen MR) is 80.1 cm³/mol. The molecule has 0 radical (unpaired) electrons. The van der Waals surface area contributed by atoms with Crippen molar-refractivity contribution in [1.29, 1.82) is 0 Å². The van der Waals surface area contributed by atoms with Gasteiger partial charge in [0, 0.05) is 25.4 Å². The maximum atomic E-state index is 12.1. The normalized spacial score (nSPS) is 37.9. The minimum atomic E-state index is -0.421. The molecule has 0 aromatic rings. The number of hydrogen-bond acceptors (Lipinski definition) is 4. The first-order valence-corrected chi connectivity index (χ1v) is 7.95. The molecule has 0 N–H and O–H groups in total. The second kappa shape index (κ2) is 4.62. The summed E-state index contributed by atoms with van der Waals surface area (Å²) in [5, 5.41) is 4.32. The Hall–Kier alpha value is -1.26. The number of amides is 1. The van der Waals surface area contributed by atoms with Gasteiger partial charge in [-0.15, -0.1) is 0 Å². The molecule has 5 nitrogen and oxygen atoms in total. The van der Waals surface area contributed by atoms with Gasteiger partial charge < -0.3 is 14.5 Å². The molecule has 5 heteroatoms. The monoisotopic (exact) mass is 294 g/mol. The molecule has 2 heterocycles. The molecule has 2 aliphatic heterocycles. The summed E-state index contributed by atoms with van der Waals surface area (Å²) in [7, 11) is 0. The van der Waals surface area contributed by atoms with E-state index >= 15 is 0 Å². The van der Waals surface area contributed by atoms with Gasteiger partial charge in [-0.3, -0.25) is 0 Å². The second-order valence-electron chi connectivity index (χ2n) is 7.89. The highest BCUT2D eigenvalue weighted by Gasteiger charge is 2.60. The summed E-state index contributed by atoms with van der Waals surface area (Å²) in [5.41, 5.74) is 0.672. The first-order chi connectivity index (χ1) is 9.72. The van der Waals surface area contributed by atoms with E-state index in [0.29, 0.717) is 17.8 Å². The van der Waals surface area contributed by atoms with Crippen molar-refractivity contribution in [2.75, 3.05) is 13.1 Å². The van der Waals surface area contributed by atoms with Gasteiger partial charge >= 0.3 is 6.09 Å². The summed E-state index contributed by atoms with van der Waals surface area (Å²) in [5.74, 6) is 1.63. The Morgan fingerprint density at radius 2 is 2.05 bits per heavy atom. The summed E-state index contributed by atoms with van der Waals surface area (Å²) in [4.78, 5) is 19.5. The Labute approximate surface area is 126 Å². The number of nitrogens with zero attached hydrogens (tertiary/aromatic N) is 2. The van der Waals surface area contributed by atoms with Gasteiger partial charge in [-0.2, -0.15) is 0 Å². The lowest BCUT2D eigenvalue weighted by atomic mass is 9.94.